The largest absolute Gasteiger partial charge is 0.371 e. The van der Waals surface area contributed by atoms with Crippen molar-refractivity contribution in [1.82, 2.24) is 25.8 Å². The van der Waals surface area contributed by atoms with Crippen molar-refractivity contribution < 1.29 is 9.26 Å². The lowest BCUT2D eigenvalue weighted by atomic mass is 10.2. The summed E-state index contributed by atoms with van der Waals surface area (Å²) in [6.45, 7) is 12.4. The number of guanidine groups is 1. The fourth-order valence-electron chi connectivity index (χ4n) is 2.14. The van der Waals surface area contributed by atoms with Crippen LogP contribution in [0.5, 0.6) is 0 Å². The van der Waals surface area contributed by atoms with Crippen LogP contribution in [-0.2, 0) is 17.8 Å². The van der Waals surface area contributed by atoms with Gasteiger partial charge in [-0.05, 0) is 26.7 Å². The molecule has 26 heavy (non-hydrogen) atoms. The van der Waals surface area contributed by atoms with Gasteiger partial charge in [-0.2, -0.15) is 4.98 Å². The van der Waals surface area contributed by atoms with Gasteiger partial charge in [-0.1, -0.05) is 19.0 Å². The number of hydrogen-bond donors (Lipinski definition) is 2. The fourth-order valence-corrected chi connectivity index (χ4v) is 3.04. The first-order valence-electron chi connectivity index (χ1n) is 8.94. The van der Waals surface area contributed by atoms with Gasteiger partial charge in [0.15, 0.2) is 11.8 Å². The highest BCUT2D eigenvalue weighted by molar-refractivity contribution is 7.09. The van der Waals surface area contributed by atoms with Gasteiger partial charge in [0.1, 0.15) is 17.7 Å². The molecule has 0 aliphatic carbocycles. The molecule has 2 aromatic rings. The summed E-state index contributed by atoms with van der Waals surface area (Å²) >= 11 is 1.65. The molecule has 2 aromatic heterocycles. The summed E-state index contributed by atoms with van der Waals surface area (Å²) in [5, 5.41) is 13.6. The van der Waals surface area contributed by atoms with E-state index in [9.17, 15) is 0 Å². The standard InChI is InChI=1S/C17H28N6O2S/c1-6-18-17(20-9-15-21-13(10-26-15)11(3)4)19-8-14-22-16(23-25-14)12(5)24-7-2/h10-12H,6-9H2,1-5H3,(H2,18,19,20). The maximum absolute atomic E-state index is 5.46. The molecule has 1 unspecified atom stereocenters. The third-order valence-corrected chi connectivity index (χ3v) is 4.42. The summed E-state index contributed by atoms with van der Waals surface area (Å²) in [5.74, 6) is 2.12. The van der Waals surface area contributed by atoms with Crippen LogP contribution in [0, 0.1) is 0 Å². The molecule has 0 amide bonds. The summed E-state index contributed by atoms with van der Waals surface area (Å²) in [4.78, 5) is 13.4. The Bertz CT molecular complexity index is 697. The van der Waals surface area contributed by atoms with Crippen molar-refractivity contribution in [1.29, 1.82) is 0 Å². The van der Waals surface area contributed by atoms with Gasteiger partial charge in [-0.25, -0.2) is 9.98 Å². The van der Waals surface area contributed by atoms with E-state index < -0.39 is 0 Å². The zero-order chi connectivity index (χ0) is 18.9. The first-order valence-corrected chi connectivity index (χ1v) is 9.81. The average Bonchev–Trinajstić information content (AvgIpc) is 3.27. The molecule has 2 N–H and O–H groups in total. The van der Waals surface area contributed by atoms with Crippen LogP contribution in [0.4, 0.5) is 0 Å². The van der Waals surface area contributed by atoms with Gasteiger partial charge in [-0.15, -0.1) is 11.3 Å². The number of aromatic nitrogens is 3. The third-order valence-electron chi connectivity index (χ3n) is 3.55. The predicted octanol–water partition coefficient (Wildman–Crippen LogP) is 3.00. The minimum absolute atomic E-state index is 0.187. The lowest BCUT2D eigenvalue weighted by Crippen LogP contribution is -2.36. The third kappa shape index (κ3) is 6.06. The summed E-state index contributed by atoms with van der Waals surface area (Å²) < 4.78 is 10.7. The van der Waals surface area contributed by atoms with E-state index in [2.05, 4.69) is 50.0 Å². The first kappa shape index (κ1) is 20.3. The van der Waals surface area contributed by atoms with Crippen molar-refractivity contribution in [3.8, 4) is 0 Å². The van der Waals surface area contributed by atoms with E-state index in [4.69, 9.17) is 9.26 Å². The Hall–Kier alpha value is -2.00. The topological polar surface area (TPSA) is 97.5 Å². The molecule has 1 atom stereocenters. The smallest absolute Gasteiger partial charge is 0.248 e. The molecular weight excluding hydrogens is 352 g/mol. The summed E-state index contributed by atoms with van der Waals surface area (Å²) in [6.07, 6.45) is -0.187. The minimum Gasteiger partial charge on any atom is -0.371 e. The predicted molar refractivity (Wildman–Crippen MR) is 102 cm³/mol. The molecule has 0 saturated carbocycles. The molecule has 0 spiro atoms. The Morgan fingerprint density at radius 2 is 2.08 bits per heavy atom. The van der Waals surface area contributed by atoms with E-state index in [0.29, 0.717) is 43.3 Å². The highest BCUT2D eigenvalue weighted by Crippen LogP contribution is 2.17. The van der Waals surface area contributed by atoms with Gasteiger partial charge < -0.3 is 19.9 Å². The summed E-state index contributed by atoms with van der Waals surface area (Å²) in [5.41, 5.74) is 1.12. The molecule has 144 valence electrons. The molecular formula is C17H28N6O2S. The second-order valence-corrected chi connectivity index (χ2v) is 6.96. The van der Waals surface area contributed by atoms with E-state index in [1.807, 2.05) is 20.8 Å². The van der Waals surface area contributed by atoms with E-state index in [1.54, 1.807) is 11.3 Å². The Balaban J connectivity index is 1.93. The summed E-state index contributed by atoms with van der Waals surface area (Å²) in [6, 6.07) is 0. The summed E-state index contributed by atoms with van der Waals surface area (Å²) in [7, 11) is 0. The van der Waals surface area contributed by atoms with Crippen LogP contribution in [0.15, 0.2) is 14.9 Å². The molecule has 0 aliphatic heterocycles. The molecule has 0 aromatic carbocycles. The second kappa shape index (κ2) is 10.2. The fraction of sp³-hybridized carbons (Fsp3) is 0.647. The van der Waals surface area contributed by atoms with Crippen LogP contribution in [0.1, 0.15) is 69.1 Å². The number of hydrogen-bond acceptors (Lipinski definition) is 7. The lowest BCUT2D eigenvalue weighted by molar-refractivity contribution is 0.0683. The molecule has 8 nitrogen and oxygen atoms in total. The SMILES string of the molecule is CCNC(=NCc1nc(C(C)OCC)no1)NCc1nc(C(C)C)cs1. The van der Waals surface area contributed by atoms with Gasteiger partial charge in [0.2, 0.25) is 5.89 Å². The van der Waals surface area contributed by atoms with Crippen molar-refractivity contribution in [3.05, 3.63) is 27.8 Å². The molecule has 0 saturated heterocycles. The Morgan fingerprint density at radius 1 is 1.27 bits per heavy atom. The van der Waals surface area contributed by atoms with E-state index in [-0.39, 0.29) is 6.10 Å². The van der Waals surface area contributed by atoms with E-state index in [0.717, 1.165) is 17.2 Å². The van der Waals surface area contributed by atoms with E-state index >= 15 is 0 Å². The van der Waals surface area contributed by atoms with Crippen LogP contribution in [0.3, 0.4) is 0 Å². The molecule has 0 fully saturated rings. The van der Waals surface area contributed by atoms with Crippen molar-refractivity contribution >= 4 is 17.3 Å². The van der Waals surface area contributed by atoms with Crippen molar-refractivity contribution in [3.63, 3.8) is 0 Å². The van der Waals surface area contributed by atoms with Crippen LogP contribution < -0.4 is 10.6 Å². The number of rotatable bonds is 9. The van der Waals surface area contributed by atoms with Gasteiger partial charge in [0.25, 0.3) is 0 Å². The van der Waals surface area contributed by atoms with Crippen molar-refractivity contribution in [2.75, 3.05) is 13.2 Å². The maximum atomic E-state index is 5.46. The van der Waals surface area contributed by atoms with Crippen LogP contribution in [-0.4, -0.2) is 34.2 Å². The quantitative estimate of drug-likeness (QED) is 0.510. The lowest BCUT2D eigenvalue weighted by Gasteiger charge is -2.09. The zero-order valence-electron chi connectivity index (χ0n) is 16.1. The van der Waals surface area contributed by atoms with Crippen molar-refractivity contribution in [2.45, 2.75) is 59.7 Å². The minimum atomic E-state index is -0.187. The number of thiazole rings is 1. The first-order chi connectivity index (χ1) is 12.5. The Labute approximate surface area is 158 Å². The molecule has 9 heteroatoms. The second-order valence-electron chi connectivity index (χ2n) is 6.01. The number of nitrogens with zero attached hydrogens (tertiary/aromatic N) is 4. The van der Waals surface area contributed by atoms with Crippen LogP contribution >= 0.6 is 11.3 Å². The number of aliphatic imine (C=N–C) groups is 1. The number of ether oxygens (including phenoxy) is 1. The Morgan fingerprint density at radius 3 is 2.73 bits per heavy atom. The molecule has 0 bridgehead atoms. The highest BCUT2D eigenvalue weighted by Gasteiger charge is 2.13. The molecule has 0 radical (unpaired) electrons. The Kier molecular flexibility index (Phi) is 7.99. The van der Waals surface area contributed by atoms with Gasteiger partial charge >= 0.3 is 0 Å². The van der Waals surface area contributed by atoms with Crippen LogP contribution in [0.25, 0.3) is 0 Å². The average molecular weight is 381 g/mol. The number of nitrogens with one attached hydrogen (secondary N) is 2. The van der Waals surface area contributed by atoms with Gasteiger partial charge in [0.05, 0.1) is 12.2 Å². The molecule has 2 heterocycles. The van der Waals surface area contributed by atoms with Gasteiger partial charge in [-0.3, -0.25) is 0 Å². The zero-order valence-corrected chi connectivity index (χ0v) is 16.9. The molecule has 2 rings (SSSR count). The van der Waals surface area contributed by atoms with Gasteiger partial charge in [0, 0.05) is 18.5 Å². The van der Waals surface area contributed by atoms with E-state index in [1.165, 1.54) is 0 Å². The maximum Gasteiger partial charge on any atom is 0.248 e. The van der Waals surface area contributed by atoms with Crippen molar-refractivity contribution in [2.24, 2.45) is 4.99 Å². The normalized spacial score (nSPS) is 13.2. The molecule has 0 aliphatic rings. The highest BCUT2D eigenvalue weighted by atomic mass is 32.1. The van der Waals surface area contributed by atoms with Crippen LogP contribution in [0.2, 0.25) is 0 Å². The monoisotopic (exact) mass is 380 g/mol.